The van der Waals surface area contributed by atoms with Gasteiger partial charge in [-0.1, -0.05) is 18.2 Å². The summed E-state index contributed by atoms with van der Waals surface area (Å²) in [6.45, 7) is 4.07. The number of benzene rings is 2. The molecule has 0 aliphatic carbocycles. The Balaban J connectivity index is 1.82. The third kappa shape index (κ3) is 3.31. The van der Waals surface area contributed by atoms with E-state index in [0.29, 0.717) is 5.56 Å². The van der Waals surface area contributed by atoms with Crippen molar-refractivity contribution in [3.8, 4) is 11.5 Å². The number of hydrogen-bond acceptors (Lipinski definition) is 3. The van der Waals surface area contributed by atoms with Crippen LogP contribution in [0.3, 0.4) is 0 Å². The van der Waals surface area contributed by atoms with E-state index in [9.17, 15) is 4.79 Å². The van der Waals surface area contributed by atoms with Crippen LogP contribution in [-0.4, -0.2) is 18.6 Å². The average molecular weight is 311 g/mol. The Hall–Kier alpha value is -2.49. The fraction of sp³-hybridized carbons (Fsp3) is 0.316. The first-order chi connectivity index (χ1) is 11.0. The number of amides is 1. The minimum absolute atomic E-state index is 0.0652. The molecule has 0 radical (unpaired) electrons. The molecule has 23 heavy (non-hydrogen) atoms. The van der Waals surface area contributed by atoms with Crippen molar-refractivity contribution in [3.05, 3.63) is 59.7 Å². The van der Waals surface area contributed by atoms with Gasteiger partial charge in [0.15, 0.2) is 0 Å². The summed E-state index contributed by atoms with van der Waals surface area (Å²) in [4.78, 5) is 12.5. The average Bonchev–Trinajstić information content (AvgIpc) is 2.54. The standard InChI is InChI=1S/C19H21NO3/c1-19(2)12-16(15-6-4-5-7-17(15)23-19)20-18(21)13-8-10-14(22-3)11-9-13/h4-11,16H,12H2,1-3H3,(H,20,21)/t16-/m0/s1. The van der Waals surface area contributed by atoms with Crippen LogP contribution in [-0.2, 0) is 0 Å². The first-order valence-corrected chi connectivity index (χ1v) is 7.71. The number of fused-ring (bicyclic) bond motifs is 1. The molecule has 2 aromatic rings. The van der Waals surface area contributed by atoms with Crippen molar-refractivity contribution in [1.29, 1.82) is 0 Å². The summed E-state index contributed by atoms with van der Waals surface area (Å²) < 4.78 is 11.1. The number of methoxy groups -OCH3 is 1. The van der Waals surface area contributed by atoms with Crippen LogP contribution >= 0.6 is 0 Å². The van der Waals surface area contributed by atoms with E-state index in [1.165, 1.54) is 0 Å². The van der Waals surface area contributed by atoms with Gasteiger partial charge in [0.2, 0.25) is 0 Å². The summed E-state index contributed by atoms with van der Waals surface area (Å²) >= 11 is 0. The lowest BCUT2D eigenvalue weighted by molar-refractivity contribution is 0.0620. The molecule has 0 spiro atoms. The third-order valence-corrected chi connectivity index (χ3v) is 4.03. The van der Waals surface area contributed by atoms with Crippen molar-refractivity contribution in [2.24, 2.45) is 0 Å². The largest absolute Gasteiger partial charge is 0.497 e. The van der Waals surface area contributed by atoms with Gasteiger partial charge in [0.1, 0.15) is 17.1 Å². The minimum atomic E-state index is -0.313. The number of rotatable bonds is 3. The number of carbonyl (C=O) groups excluding carboxylic acids is 1. The molecule has 1 aliphatic rings. The summed E-state index contributed by atoms with van der Waals surface area (Å²) in [6, 6.07) is 14.9. The van der Waals surface area contributed by atoms with Crippen LogP contribution in [0.15, 0.2) is 48.5 Å². The van der Waals surface area contributed by atoms with E-state index in [-0.39, 0.29) is 17.6 Å². The van der Waals surface area contributed by atoms with E-state index in [1.54, 1.807) is 31.4 Å². The molecule has 120 valence electrons. The quantitative estimate of drug-likeness (QED) is 0.939. The number of nitrogens with one attached hydrogen (secondary N) is 1. The van der Waals surface area contributed by atoms with Crippen LogP contribution in [0.4, 0.5) is 0 Å². The van der Waals surface area contributed by atoms with Crippen LogP contribution in [0, 0.1) is 0 Å². The molecule has 1 atom stereocenters. The molecule has 4 heteroatoms. The maximum Gasteiger partial charge on any atom is 0.251 e. The summed E-state index contributed by atoms with van der Waals surface area (Å²) in [5.74, 6) is 1.48. The van der Waals surface area contributed by atoms with Gasteiger partial charge >= 0.3 is 0 Å². The Morgan fingerprint density at radius 1 is 1.17 bits per heavy atom. The number of hydrogen-bond donors (Lipinski definition) is 1. The maximum absolute atomic E-state index is 12.5. The van der Waals surface area contributed by atoms with Crippen molar-refractivity contribution in [2.75, 3.05) is 7.11 Å². The molecule has 1 heterocycles. The number of ether oxygens (including phenoxy) is 2. The number of carbonyl (C=O) groups is 1. The second-order valence-corrected chi connectivity index (χ2v) is 6.36. The molecule has 0 unspecified atom stereocenters. The predicted molar refractivity (Wildman–Crippen MR) is 89.0 cm³/mol. The highest BCUT2D eigenvalue weighted by molar-refractivity contribution is 5.94. The lowest BCUT2D eigenvalue weighted by Crippen LogP contribution is -2.41. The van der Waals surface area contributed by atoms with Crippen LogP contribution in [0.25, 0.3) is 0 Å². The van der Waals surface area contributed by atoms with E-state index >= 15 is 0 Å². The molecule has 4 nitrogen and oxygen atoms in total. The zero-order chi connectivity index (χ0) is 16.4. The van der Waals surface area contributed by atoms with Gasteiger partial charge in [-0.3, -0.25) is 4.79 Å². The van der Waals surface area contributed by atoms with Gasteiger partial charge in [0, 0.05) is 17.5 Å². The molecule has 1 amide bonds. The molecule has 0 saturated heterocycles. The Bertz CT molecular complexity index is 707. The van der Waals surface area contributed by atoms with E-state index in [4.69, 9.17) is 9.47 Å². The van der Waals surface area contributed by atoms with E-state index in [1.807, 2.05) is 38.1 Å². The monoisotopic (exact) mass is 311 g/mol. The molecule has 2 aromatic carbocycles. The lowest BCUT2D eigenvalue weighted by Gasteiger charge is -2.37. The van der Waals surface area contributed by atoms with Gasteiger partial charge in [0.05, 0.1) is 13.2 Å². The van der Waals surface area contributed by atoms with E-state index in [0.717, 1.165) is 23.5 Å². The Labute approximate surface area is 136 Å². The van der Waals surface area contributed by atoms with E-state index < -0.39 is 0 Å². The summed E-state index contributed by atoms with van der Waals surface area (Å²) in [5, 5.41) is 3.12. The van der Waals surface area contributed by atoms with Crippen molar-refractivity contribution in [1.82, 2.24) is 5.32 Å². The fourth-order valence-corrected chi connectivity index (χ4v) is 2.91. The van der Waals surface area contributed by atoms with Crippen molar-refractivity contribution >= 4 is 5.91 Å². The Kier molecular flexibility index (Phi) is 3.99. The molecule has 3 rings (SSSR count). The molecular formula is C19H21NO3. The molecule has 0 saturated carbocycles. The Morgan fingerprint density at radius 3 is 2.57 bits per heavy atom. The SMILES string of the molecule is COc1ccc(C(=O)N[C@H]2CC(C)(C)Oc3ccccc32)cc1. The van der Waals surface area contributed by atoms with Gasteiger partial charge in [-0.2, -0.15) is 0 Å². The third-order valence-electron chi connectivity index (χ3n) is 4.03. The van der Waals surface area contributed by atoms with Gasteiger partial charge in [0.25, 0.3) is 5.91 Å². The van der Waals surface area contributed by atoms with Gasteiger partial charge in [-0.25, -0.2) is 0 Å². The highest BCUT2D eigenvalue weighted by atomic mass is 16.5. The van der Waals surface area contributed by atoms with Crippen molar-refractivity contribution in [3.63, 3.8) is 0 Å². The fourth-order valence-electron chi connectivity index (χ4n) is 2.91. The normalized spacial score (nSPS) is 18.5. The van der Waals surface area contributed by atoms with Crippen LogP contribution < -0.4 is 14.8 Å². The number of para-hydroxylation sites is 1. The zero-order valence-corrected chi connectivity index (χ0v) is 13.6. The molecular weight excluding hydrogens is 290 g/mol. The second kappa shape index (κ2) is 5.95. The summed E-state index contributed by atoms with van der Waals surface area (Å²) in [6.07, 6.45) is 0.728. The topological polar surface area (TPSA) is 47.6 Å². The summed E-state index contributed by atoms with van der Waals surface area (Å²) in [5.41, 5.74) is 1.33. The minimum Gasteiger partial charge on any atom is -0.497 e. The van der Waals surface area contributed by atoms with E-state index in [2.05, 4.69) is 5.32 Å². The maximum atomic E-state index is 12.5. The first kappa shape index (κ1) is 15.4. The van der Waals surface area contributed by atoms with Gasteiger partial charge in [-0.05, 0) is 44.2 Å². The Morgan fingerprint density at radius 2 is 1.87 bits per heavy atom. The van der Waals surface area contributed by atoms with Crippen molar-refractivity contribution in [2.45, 2.75) is 31.9 Å². The van der Waals surface area contributed by atoms with Crippen LogP contribution in [0.5, 0.6) is 11.5 Å². The smallest absolute Gasteiger partial charge is 0.251 e. The molecule has 0 aromatic heterocycles. The van der Waals surface area contributed by atoms with Crippen LogP contribution in [0.1, 0.15) is 42.2 Å². The van der Waals surface area contributed by atoms with Gasteiger partial charge < -0.3 is 14.8 Å². The lowest BCUT2D eigenvalue weighted by atomic mass is 9.89. The highest BCUT2D eigenvalue weighted by Crippen LogP contribution is 2.39. The first-order valence-electron chi connectivity index (χ1n) is 7.71. The molecule has 0 fully saturated rings. The zero-order valence-electron chi connectivity index (χ0n) is 13.6. The molecule has 1 aliphatic heterocycles. The second-order valence-electron chi connectivity index (χ2n) is 6.36. The van der Waals surface area contributed by atoms with Crippen LogP contribution in [0.2, 0.25) is 0 Å². The van der Waals surface area contributed by atoms with Gasteiger partial charge in [-0.15, -0.1) is 0 Å². The summed E-state index contributed by atoms with van der Waals surface area (Å²) in [7, 11) is 1.61. The molecule has 1 N–H and O–H groups in total. The highest BCUT2D eigenvalue weighted by Gasteiger charge is 2.34. The van der Waals surface area contributed by atoms with Crippen molar-refractivity contribution < 1.29 is 14.3 Å². The predicted octanol–water partition coefficient (Wildman–Crippen LogP) is 3.73. The molecule has 0 bridgehead atoms.